The molecule has 3 nitrogen and oxygen atoms in total. The fourth-order valence-corrected chi connectivity index (χ4v) is 0.726. The average molecular weight is 184 g/mol. The summed E-state index contributed by atoms with van der Waals surface area (Å²) in [5, 5.41) is 9.28. The molecule has 74 valence electrons. The van der Waals surface area contributed by atoms with Crippen LogP contribution < -0.4 is 0 Å². The van der Waals surface area contributed by atoms with Gasteiger partial charge in [-0.05, 0) is 13.8 Å². The lowest BCUT2D eigenvalue weighted by molar-refractivity contribution is -0.157. The van der Waals surface area contributed by atoms with Gasteiger partial charge in [0.25, 0.3) is 0 Å². The molecule has 0 aliphatic carbocycles. The molecule has 0 saturated heterocycles. The Hall–Kier alpha value is -1.09. The highest BCUT2D eigenvalue weighted by atomic mass is 16.6. The molecule has 0 aliphatic rings. The maximum absolute atomic E-state index is 11.1. The normalized spacial score (nSPS) is 12.3. The summed E-state index contributed by atoms with van der Waals surface area (Å²) in [4.78, 5) is 11.1. The van der Waals surface area contributed by atoms with E-state index in [1.807, 2.05) is 0 Å². The number of aliphatic hydroxyl groups excluding tert-OH is 1. The van der Waals surface area contributed by atoms with Gasteiger partial charge in [-0.25, -0.2) is 4.79 Å². The molecule has 0 aromatic carbocycles. The highest BCUT2D eigenvalue weighted by Gasteiger charge is 2.17. The third-order valence-corrected chi connectivity index (χ3v) is 1.37. The van der Waals surface area contributed by atoms with Crippen LogP contribution in [0, 0.1) is 0 Å². The van der Waals surface area contributed by atoms with E-state index in [0.717, 1.165) is 0 Å². The number of carbonyl (C=O) groups is 1. The molecule has 1 unspecified atom stereocenters. The van der Waals surface area contributed by atoms with Crippen molar-refractivity contribution in [3.8, 4) is 0 Å². The molecule has 0 bridgehead atoms. The van der Waals surface area contributed by atoms with Crippen LogP contribution in [0.3, 0.4) is 0 Å². The van der Waals surface area contributed by atoms with E-state index in [0.29, 0.717) is 5.57 Å². The van der Waals surface area contributed by atoms with Crippen LogP contribution >= 0.6 is 0 Å². The van der Waals surface area contributed by atoms with E-state index in [2.05, 4.69) is 13.2 Å². The van der Waals surface area contributed by atoms with Crippen molar-refractivity contribution >= 4 is 5.97 Å². The van der Waals surface area contributed by atoms with Crippen molar-refractivity contribution in [1.82, 2.24) is 0 Å². The molecule has 13 heavy (non-hydrogen) atoms. The van der Waals surface area contributed by atoms with E-state index < -0.39 is 12.1 Å². The molecule has 0 aromatic rings. The molecule has 0 heterocycles. The number of aliphatic hydroxyl groups is 1. The molecule has 0 spiro atoms. The lowest BCUT2D eigenvalue weighted by atomic mass is 10.1. The summed E-state index contributed by atoms with van der Waals surface area (Å²) < 4.78 is 4.79. The quantitative estimate of drug-likeness (QED) is 0.519. The summed E-state index contributed by atoms with van der Waals surface area (Å²) in [6.45, 7) is 10.5. The highest BCUT2D eigenvalue weighted by molar-refractivity contribution is 5.74. The minimum absolute atomic E-state index is 0.176. The first-order valence-electron chi connectivity index (χ1n) is 4.16. The van der Waals surface area contributed by atoms with Gasteiger partial charge in [0.1, 0.15) is 0 Å². The number of hydrogen-bond acceptors (Lipinski definition) is 3. The van der Waals surface area contributed by atoms with Crippen molar-refractivity contribution in [2.45, 2.75) is 32.5 Å². The van der Waals surface area contributed by atoms with Crippen LogP contribution in [-0.4, -0.2) is 23.3 Å². The summed E-state index contributed by atoms with van der Waals surface area (Å²) >= 11 is 0. The number of allylic oxidation sites excluding steroid dienone is 1. The molecular formula is C10H16O3. The Morgan fingerprint density at radius 2 is 2.15 bits per heavy atom. The van der Waals surface area contributed by atoms with Crippen molar-refractivity contribution in [2.24, 2.45) is 0 Å². The Morgan fingerprint density at radius 1 is 1.62 bits per heavy atom. The van der Waals surface area contributed by atoms with E-state index in [-0.39, 0.29) is 12.5 Å². The summed E-state index contributed by atoms with van der Waals surface area (Å²) in [6, 6.07) is 0. The summed E-state index contributed by atoms with van der Waals surface area (Å²) in [5.41, 5.74) is 0.619. The lowest BCUT2D eigenvalue weighted by Gasteiger charge is -2.12. The molecule has 0 saturated carbocycles. The summed E-state index contributed by atoms with van der Waals surface area (Å²) in [7, 11) is 0. The fourth-order valence-electron chi connectivity index (χ4n) is 0.726. The first kappa shape index (κ1) is 11.9. The van der Waals surface area contributed by atoms with Crippen LogP contribution in [0.1, 0.15) is 20.3 Å². The van der Waals surface area contributed by atoms with Gasteiger partial charge in [0, 0.05) is 6.42 Å². The molecule has 0 amide bonds. The number of rotatable bonds is 5. The number of hydrogen-bond donors (Lipinski definition) is 1. The molecule has 1 atom stereocenters. The van der Waals surface area contributed by atoms with Crippen molar-refractivity contribution in [3.05, 3.63) is 24.8 Å². The van der Waals surface area contributed by atoms with Gasteiger partial charge in [-0.15, -0.1) is 0 Å². The number of carbonyl (C=O) groups excluding carboxylic acids is 1. The predicted octanol–water partition coefficient (Wildman–Crippen LogP) is 1.43. The Kier molecular flexibility index (Phi) is 5.07. The Morgan fingerprint density at radius 3 is 2.54 bits per heavy atom. The average Bonchev–Trinajstić information content (AvgIpc) is 2.02. The first-order chi connectivity index (χ1) is 5.97. The van der Waals surface area contributed by atoms with Crippen LogP contribution in [0.25, 0.3) is 0 Å². The lowest BCUT2D eigenvalue weighted by Crippen LogP contribution is -2.25. The fraction of sp³-hybridized carbons (Fsp3) is 0.500. The van der Waals surface area contributed by atoms with Gasteiger partial charge in [-0.3, -0.25) is 0 Å². The van der Waals surface area contributed by atoms with Crippen molar-refractivity contribution in [2.75, 3.05) is 0 Å². The molecular weight excluding hydrogens is 168 g/mol. The van der Waals surface area contributed by atoms with E-state index in [1.54, 1.807) is 13.8 Å². The standard InChI is InChI=1S/C10H16O3/c1-5-8(4)6-9(11)10(12)13-7(2)3/h5,7,9,11H,1,4,6H2,2-3H3. The SMILES string of the molecule is C=CC(=C)CC(O)C(=O)OC(C)C. The Bertz CT molecular complexity index is 206. The minimum atomic E-state index is -1.13. The third kappa shape index (κ3) is 5.20. The second-order valence-corrected chi connectivity index (χ2v) is 3.07. The zero-order valence-electron chi connectivity index (χ0n) is 8.12. The van der Waals surface area contributed by atoms with E-state index in [9.17, 15) is 9.90 Å². The zero-order valence-corrected chi connectivity index (χ0v) is 8.12. The van der Waals surface area contributed by atoms with Crippen LogP contribution in [-0.2, 0) is 9.53 Å². The zero-order chi connectivity index (χ0) is 10.4. The van der Waals surface area contributed by atoms with E-state index >= 15 is 0 Å². The van der Waals surface area contributed by atoms with E-state index in [1.165, 1.54) is 6.08 Å². The second-order valence-electron chi connectivity index (χ2n) is 3.07. The molecule has 3 heteroatoms. The number of ether oxygens (including phenoxy) is 1. The summed E-state index contributed by atoms with van der Waals surface area (Å²) in [5.74, 6) is -0.613. The molecule has 0 radical (unpaired) electrons. The van der Waals surface area contributed by atoms with Gasteiger partial charge in [0.15, 0.2) is 6.10 Å². The largest absolute Gasteiger partial charge is 0.461 e. The van der Waals surface area contributed by atoms with Crippen LogP contribution in [0.15, 0.2) is 24.8 Å². The Balaban J connectivity index is 3.96. The first-order valence-corrected chi connectivity index (χ1v) is 4.16. The predicted molar refractivity (Wildman–Crippen MR) is 51.2 cm³/mol. The smallest absolute Gasteiger partial charge is 0.335 e. The maximum Gasteiger partial charge on any atom is 0.335 e. The molecule has 0 aliphatic heterocycles. The van der Waals surface area contributed by atoms with Gasteiger partial charge in [0.05, 0.1) is 6.10 Å². The molecule has 0 fully saturated rings. The second kappa shape index (κ2) is 5.54. The Labute approximate surface area is 78.7 Å². The van der Waals surface area contributed by atoms with E-state index in [4.69, 9.17) is 4.74 Å². The van der Waals surface area contributed by atoms with Gasteiger partial charge in [-0.2, -0.15) is 0 Å². The minimum Gasteiger partial charge on any atom is -0.461 e. The number of esters is 1. The third-order valence-electron chi connectivity index (χ3n) is 1.37. The van der Waals surface area contributed by atoms with Gasteiger partial charge in [0.2, 0.25) is 0 Å². The maximum atomic E-state index is 11.1. The molecule has 1 N–H and O–H groups in total. The monoisotopic (exact) mass is 184 g/mol. The van der Waals surface area contributed by atoms with Crippen molar-refractivity contribution in [1.29, 1.82) is 0 Å². The van der Waals surface area contributed by atoms with Gasteiger partial charge >= 0.3 is 5.97 Å². The van der Waals surface area contributed by atoms with Crippen molar-refractivity contribution in [3.63, 3.8) is 0 Å². The van der Waals surface area contributed by atoms with Crippen molar-refractivity contribution < 1.29 is 14.6 Å². The van der Waals surface area contributed by atoms with Crippen LogP contribution in [0.5, 0.6) is 0 Å². The topological polar surface area (TPSA) is 46.5 Å². The summed E-state index contributed by atoms with van der Waals surface area (Å²) in [6.07, 6.45) is 0.341. The van der Waals surface area contributed by atoms with Gasteiger partial charge in [-0.1, -0.05) is 24.8 Å². The molecule has 0 aromatic heterocycles. The van der Waals surface area contributed by atoms with Gasteiger partial charge < -0.3 is 9.84 Å². The highest BCUT2D eigenvalue weighted by Crippen LogP contribution is 2.06. The molecule has 0 rings (SSSR count). The van der Waals surface area contributed by atoms with Crippen LogP contribution in [0.2, 0.25) is 0 Å². The van der Waals surface area contributed by atoms with Crippen LogP contribution in [0.4, 0.5) is 0 Å².